The third-order valence-corrected chi connectivity index (χ3v) is 5.38. The molecule has 7 nitrogen and oxygen atoms in total. The lowest BCUT2D eigenvalue weighted by Crippen LogP contribution is -2.42. The number of nitrogens with zero attached hydrogens (tertiary/aromatic N) is 3. The zero-order valence-electron chi connectivity index (χ0n) is 17.8. The molecule has 1 unspecified atom stereocenters. The quantitative estimate of drug-likeness (QED) is 0.575. The number of hydrogen-bond donors (Lipinski definition) is 2. The molecule has 1 atom stereocenters. The maximum absolute atomic E-state index is 6.39. The van der Waals surface area contributed by atoms with Crippen molar-refractivity contribution in [2.45, 2.75) is 46.2 Å². The van der Waals surface area contributed by atoms with E-state index >= 15 is 0 Å². The van der Waals surface area contributed by atoms with Crippen LogP contribution >= 0.6 is 11.6 Å². The van der Waals surface area contributed by atoms with Gasteiger partial charge in [-0.3, -0.25) is 9.67 Å². The predicted molar refractivity (Wildman–Crippen MR) is 116 cm³/mol. The number of aromatic nitrogens is 2. The van der Waals surface area contributed by atoms with E-state index in [1.807, 2.05) is 23.9 Å². The van der Waals surface area contributed by atoms with Gasteiger partial charge < -0.3 is 20.1 Å². The Labute approximate surface area is 177 Å². The first-order chi connectivity index (χ1) is 13.9. The average Bonchev–Trinajstić information content (AvgIpc) is 2.86. The lowest BCUT2D eigenvalue weighted by molar-refractivity contribution is 0.297. The van der Waals surface area contributed by atoms with Crippen molar-refractivity contribution < 1.29 is 9.47 Å². The highest BCUT2D eigenvalue weighted by atomic mass is 35.5. The predicted octanol–water partition coefficient (Wildman–Crippen LogP) is 3.15. The molecule has 0 bridgehead atoms. The van der Waals surface area contributed by atoms with Crippen molar-refractivity contribution >= 4 is 17.6 Å². The lowest BCUT2D eigenvalue weighted by Gasteiger charge is -2.19. The molecular formula is C21H30ClN5O2. The van der Waals surface area contributed by atoms with E-state index in [4.69, 9.17) is 21.1 Å². The molecule has 8 heteroatoms. The molecule has 0 saturated heterocycles. The molecule has 0 aliphatic carbocycles. The van der Waals surface area contributed by atoms with E-state index in [-0.39, 0.29) is 6.04 Å². The second kappa shape index (κ2) is 9.39. The zero-order valence-corrected chi connectivity index (χ0v) is 18.6. The Morgan fingerprint density at radius 1 is 1.31 bits per heavy atom. The van der Waals surface area contributed by atoms with Gasteiger partial charge in [-0.2, -0.15) is 5.10 Å². The fourth-order valence-corrected chi connectivity index (χ4v) is 3.76. The lowest BCUT2D eigenvalue weighted by atomic mass is 10.1. The molecule has 158 valence electrons. The Morgan fingerprint density at radius 3 is 2.76 bits per heavy atom. The summed E-state index contributed by atoms with van der Waals surface area (Å²) < 4.78 is 13.4. The van der Waals surface area contributed by atoms with Crippen molar-refractivity contribution in [3.63, 3.8) is 0 Å². The number of benzene rings is 1. The summed E-state index contributed by atoms with van der Waals surface area (Å²) in [4.78, 5) is 4.34. The molecule has 1 aromatic heterocycles. The fourth-order valence-electron chi connectivity index (χ4n) is 3.47. The number of aryl methyl sites for hydroxylation is 2. The molecule has 1 aliphatic heterocycles. The van der Waals surface area contributed by atoms with Gasteiger partial charge in [0.15, 0.2) is 17.5 Å². The fraction of sp³-hybridized carbons (Fsp3) is 0.524. The molecular weight excluding hydrogens is 390 g/mol. The van der Waals surface area contributed by atoms with Crippen LogP contribution in [-0.2, 0) is 20.0 Å². The molecule has 3 rings (SSSR count). The van der Waals surface area contributed by atoms with E-state index in [9.17, 15) is 0 Å². The number of guanidine groups is 1. The molecule has 2 aromatic rings. The highest BCUT2D eigenvalue weighted by Gasteiger charge is 2.17. The first-order valence-electron chi connectivity index (χ1n) is 9.93. The van der Waals surface area contributed by atoms with Gasteiger partial charge in [0.2, 0.25) is 0 Å². The van der Waals surface area contributed by atoms with E-state index in [1.165, 1.54) is 11.3 Å². The summed E-state index contributed by atoms with van der Waals surface area (Å²) in [5, 5.41) is 11.9. The number of aliphatic imine (C=N–C) groups is 1. The zero-order chi connectivity index (χ0) is 21.0. The largest absolute Gasteiger partial charge is 0.489 e. The first kappa shape index (κ1) is 21.3. The molecule has 0 radical (unpaired) electrons. The number of halogens is 1. The molecule has 1 aromatic carbocycles. The summed E-state index contributed by atoms with van der Waals surface area (Å²) in [6.45, 7) is 8.12. The minimum absolute atomic E-state index is 0.204. The minimum atomic E-state index is 0.204. The van der Waals surface area contributed by atoms with Crippen molar-refractivity contribution in [3.05, 3.63) is 39.7 Å². The topological polar surface area (TPSA) is 72.7 Å². The summed E-state index contributed by atoms with van der Waals surface area (Å²) in [6.07, 6.45) is 1.73. The minimum Gasteiger partial charge on any atom is -0.489 e. The van der Waals surface area contributed by atoms with Crippen LogP contribution in [0.15, 0.2) is 17.1 Å². The van der Waals surface area contributed by atoms with Gasteiger partial charge in [0.05, 0.1) is 23.9 Å². The van der Waals surface area contributed by atoms with Crippen molar-refractivity contribution in [1.29, 1.82) is 0 Å². The van der Waals surface area contributed by atoms with Crippen LogP contribution in [0.4, 0.5) is 0 Å². The molecule has 29 heavy (non-hydrogen) atoms. The molecule has 0 saturated carbocycles. The normalized spacial score (nSPS) is 15.0. The van der Waals surface area contributed by atoms with Crippen LogP contribution in [0, 0.1) is 13.8 Å². The van der Waals surface area contributed by atoms with Gasteiger partial charge in [0.1, 0.15) is 0 Å². The van der Waals surface area contributed by atoms with Crippen LogP contribution in [0.5, 0.6) is 11.5 Å². The van der Waals surface area contributed by atoms with Crippen LogP contribution in [-0.4, -0.2) is 42.0 Å². The van der Waals surface area contributed by atoms with Gasteiger partial charge in [-0.05, 0) is 50.5 Å². The van der Waals surface area contributed by atoms with Crippen molar-refractivity contribution in [2.75, 3.05) is 20.3 Å². The van der Waals surface area contributed by atoms with Crippen LogP contribution in [0.2, 0.25) is 5.02 Å². The van der Waals surface area contributed by atoms with Gasteiger partial charge in [-0.1, -0.05) is 11.6 Å². The van der Waals surface area contributed by atoms with E-state index in [1.54, 1.807) is 7.05 Å². The van der Waals surface area contributed by atoms with Crippen LogP contribution in [0.25, 0.3) is 0 Å². The van der Waals surface area contributed by atoms with Gasteiger partial charge in [0, 0.05) is 38.8 Å². The first-order valence-corrected chi connectivity index (χ1v) is 10.3. The van der Waals surface area contributed by atoms with Gasteiger partial charge >= 0.3 is 0 Å². The maximum Gasteiger partial charge on any atom is 0.191 e. The highest BCUT2D eigenvalue weighted by molar-refractivity contribution is 6.32. The van der Waals surface area contributed by atoms with Crippen LogP contribution < -0.4 is 20.1 Å². The number of fused-ring (bicyclic) bond motifs is 1. The van der Waals surface area contributed by atoms with Gasteiger partial charge in [0.25, 0.3) is 0 Å². The number of hydrogen-bond acceptors (Lipinski definition) is 4. The second-order valence-corrected chi connectivity index (χ2v) is 7.81. The van der Waals surface area contributed by atoms with Gasteiger partial charge in [-0.15, -0.1) is 0 Å². The Hall–Kier alpha value is -2.41. The van der Waals surface area contributed by atoms with Crippen molar-refractivity contribution in [1.82, 2.24) is 20.4 Å². The Kier molecular flexibility index (Phi) is 6.90. The third-order valence-electron chi connectivity index (χ3n) is 5.10. The number of ether oxygens (including phenoxy) is 2. The van der Waals surface area contributed by atoms with Gasteiger partial charge in [-0.25, -0.2) is 0 Å². The summed E-state index contributed by atoms with van der Waals surface area (Å²) in [5.74, 6) is 2.07. The van der Waals surface area contributed by atoms with Crippen LogP contribution in [0.1, 0.15) is 35.9 Å². The Bertz CT molecular complexity index is 894. The van der Waals surface area contributed by atoms with E-state index in [0.717, 1.165) is 30.1 Å². The SMILES string of the molecule is CN=C(NCc1cc(Cl)c2c(c1)OCCCO2)NC(C)Cc1c(C)nn(C)c1C. The Morgan fingerprint density at radius 2 is 2.07 bits per heavy atom. The van der Waals surface area contributed by atoms with E-state index < -0.39 is 0 Å². The monoisotopic (exact) mass is 419 g/mol. The standard InChI is InChI=1S/C21H30ClN5O2/c1-13(9-17-14(2)26-27(5)15(17)3)25-21(23-4)24-12-16-10-18(22)20-19(11-16)28-7-6-8-29-20/h10-11,13H,6-9,12H2,1-5H3,(H2,23,24,25). The van der Waals surface area contributed by atoms with Crippen molar-refractivity contribution in [3.8, 4) is 11.5 Å². The van der Waals surface area contributed by atoms with Crippen LogP contribution in [0.3, 0.4) is 0 Å². The molecule has 1 aliphatic rings. The number of nitrogens with one attached hydrogen (secondary N) is 2. The summed E-state index contributed by atoms with van der Waals surface area (Å²) in [7, 11) is 3.74. The second-order valence-electron chi connectivity index (χ2n) is 7.40. The molecule has 2 heterocycles. The average molecular weight is 420 g/mol. The highest BCUT2D eigenvalue weighted by Crippen LogP contribution is 2.37. The van der Waals surface area contributed by atoms with E-state index in [2.05, 4.69) is 41.5 Å². The maximum atomic E-state index is 6.39. The molecule has 0 spiro atoms. The molecule has 0 fully saturated rings. The summed E-state index contributed by atoms with van der Waals surface area (Å²) in [6, 6.07) is 4.08. The van der Waals surface area contributed by atoms with Crippen molar-refractivity contribution in [2.24, 2.45) is 12.0 Å². The smallest absolute Gasteiger partial charge is 0.191 e. The molecule has 2 N–H and O–H groups in total. The summed E-state index contributed by atoms with van der Waals surface area (Å²) >= 11 is 6.39. The van der Waals surface area contributed by atoms with E-state index in [0.29, 0.717) is 36.3 Å². The summed E-state index contributed by atoms with van der Waals surface area (Å²) in [5.41, 5.74) is 4.55. The third kappa shape index (κ3) is 5.15. The Balaban J connectivity index is 1.60. The molecule has 0 amide bonds. The number of rotatable bonds is 5.